The van der Waals surface area contributed by atoms with Gasteiger partial charge in [-0.1, -0.05) is 6.07 Å². The molecule has 10 heteroatoms. The van der Waals surface area contributed by atoms with E-state index >= 15 is 0 Å². The van der Waals surface area contributed by atoms with Crippen LogP contribution in [-0.2, 0) is 11.3 Å². The van der Waals surface area contributed by atoms with Crippen LogP contribution in [0, 0.1) is 24.4 Å². The van der Waals surface area contributed by atoms with Gasteiger partial charge in [-0.15, -0.1) is 0 Å². The Morgan fingerprint density at radius 1 is 1.16 bits per heavy atom. The number of amides is 1. The van der Waals surface area contributed by atoms with Crippen LogP contribution >= 0.6 is 0 Å². The van der Waals surface area contributed by atoms with E-state index in [9.17, 15) is 18.0 Å². The SMILES string of the molecule is COc1cc(C=C2N=C(N)N(Cc3cc(F)c(F)c(F)c3)C2=O)ccc1-n1cnc(C)c1. The molecule has 164 valence electrons. The highest BCUT2D eigenvalue weighted by molar-refractivity contribution is 6.13. The fourth-order valence-corrected chi connectivity index (χ4v) is 3.31. The fraction of sp³-hybridized carbons (Fsp3) is 0.136. The number of aromatic nitrogens is 2. The lowest BCUT2D eigenvalue weighted by Gasteiger charge is -2.15. The molecule has 1 aromatic heterocycles. The molecule has 0 unspecified atom stereocenters. The fourth-order valence-electron chi connectivity index (χ4n) is 3.31. The third-order valence-corrected chi connectivity index (χ3v) is 4.86. The van der Waals surface area contributed by atoms with Crippen LogP contribution in [0.4, 0.5) is 13.2 Å². The van der Waals surface area contributed by atoms with Gasteiger partial charge in [0.25, 0.3) is 5.91 Å². The van der Waals surface area contributed by atoms with Crippen LogP contribution in [0.5, 0.6) is 5.75 Å². The topological polar surface area (TPSA) is 85.7 Å². The second-order valence-corrected chi connectivity index (χ2v) is 7.12. The predicted molar refractivity (Wildman–Crippen MR) is 111 cm³/mol. The molecule has 2 aromatic carbocycles. The van der Waals surface area contributed by atoms with Crippen LogP contribution in [0.2, 0.25) is 0 Å². The van der Waals surface area contributed by atoms with E-state index in [1.807, 2.05) is 17.7 Å². The molecule has 0 atom stereocenters. The Bertz CT molecular complexity index is 1260. The lowest BCUT2D eigenvalue weighted by Crippen LogP contribution is -2.36. The monoisotopic (exact) mass is 441 g/mol. The van der Waals surface area contributed by atoms with Gasteiger partial charge in [-0.25, -0.2) is 23.1 Å². The van der Waals surface area contributed by atoms with Gasteiger partial charge < -0.3 is 15.0 Å². The molecule has 7 nitrogen and oxygen atoms in total. The highest BCUT2D eigenvalue weighted by Crippen LogP contribution is 2.27. The highest BCUT2D eigenvalue weighted by Gasteiger charge is 2.29. The third kappa shape index (κ3) is 3.94. The molecular weight excluding hydrogens is 423 g/mol. The Morgan fingerprint density at radius 2 is 1.88 bits per heavy atom. The number of nitrogens with two attached hydrogens (primary N) is 1. The maximum absolute atomic E-state index is 13.5. The van der Waals surface area contributed by atoms with E-state index in [0.29, 0.717) is 11.3 Å². The molecule has 0 aliphatic carbocycles. The summed E-state index contributed by atoms with van der Waals surface area (Å²) in [5.74, 6) is -4.42. The molecule has 1 aliphatic rings. The number of nitrogens with zero attached hydrogens (tertiary/aromatic N) is 4. The molecule has 0 radical (unpaired) electrons. The summed E-state index contributed by atoms with van der Waals surface area (Å²) < 4.78 is 47.4. The lowest BCUT2D eigenvalue weighted by atomic mass is 10.1. The van der Waals surface area contributed by atoms with Crippen molar-refractivity contribution in [3.8, 4) is 11.4 Å². The van der Waals surface area contributed by atoms with Gasteiger partial charge in [0.05, 0.1) is 31.4 Å². The van der Waals surface area contributed by atoms with Crippen molar-refractivity contribution in [3.05, 3.63) is 82.8 Å². The Balaban J connectivity index is 1.59. The number of carbonyl (C=O) groups is 1. The zero-order valence-electron chi connectivity index (χ0n) is 17.1. The minimum absolute atomic E-state index is 0.0378. The first-order valence-corrected chi connectivity index (χ1v) is 9.47. The maximum atomic E-state index is 13.5. The van der Waals surface area contributed by atoms with Gasteiger partial charge in [0.1, 0.15) is 11.4 Å². The van der Waals surface area contributed by atoms with Gasteiger partial charge in [-0.3, -0.25) is 9.69 Å². The highest BCUT2D eigenvalue weighted by atomic mass is 19.2. The summed E-state index contributed by atoms with van der Waals surface area (Å²) in [6.07, 6.45) is 5.03. The number of methoxy groups -OCH3 is 1. The molecular formula is C22H18F3N5O2. The standard InChI is InChI=1S/C22H18F3N5O2/c1-12-9-29(11-27-12)18-4-3-13(8-19(18)32-2)7-17-21(31)30(22(26)28-17)10-14-5-15(23)20(25)16(24)6-14/h3-9,11H,10H2,1-2H3,(H2,26,28). The molecule has 4 rings (SSSR count). The van der Waals surface area contributed by atoms with Gasteiger partial charge in [-0.05, 0) is 48.4 Å². The molecule has 1 aliphatic heterocycles. The quantitative estimate of drug-likeness (QED) is 0.486. The molecule has 0 spiro atoms. The predicted octanol–water partition coefficient (Wildman–Crippen LogP) is 3.30. The number of ether oxygens (including phenoxy) is 1. The van der Waals surface area contributed by atoms with E-state index in [0.717, 1.165) is 28.4 Å². The van der Waals surface area contributed by atoms with Crippen molar-refractivity contribution in [2.24, 2.45) is 10.7 Å². The van der Waals surface area contributed by atoms with Crippen molar-refractivity contribution in [3.63, 3.8) is 0 Å². The first kappa shape index (κ1) is 21.2. The van der Waals surface area contributed by atoms with Crippen LogP contribution in [0.3, 0.4) is 0 Å². The van der Waals surface area contributed by atoms with Gasteiger partial charge in [0.2, 0.25) is 5.96 Å². The van der Waals surface area contributed by atoms with Gasteiger partial charge in [0.15, 0.2) is 17.5 Å². The van der Waals surface area contributed by atoms with E-state index in [1.54, 1.807) is 24.5 Å². The lowest BCUT2D eigenvalue weighted by molar-refractivity contribution is -0.123. The minimum Gasteiger partial charge on any atom is -0.495 e. The molecule has 3 aromatic rings. The summed E-state index contributed by atoms with van der Waals surface area (Å²) in [5, 5.41) is 0. The van der Waals surface area contributed by atoms with Crippen molar-refractivity contribution in [1.82, 2.24) is 14.5 Å². The minimum atomic E-state index is -1.58. The summed E-state index contributed by atoms with van der Waals surface area (Å²) in [5.41, 5.74) is 8.16. The Labute approximate surface area is 181 Å². The van der Waals surface area contributed by atoms with Crippen molar-refractivity contribution in [2.75, 3.05) is 7.11 Å². The molecule has 32 heavy (non-hydrogen) atoms. The average molecular weight is 441 g/mol. The number of rotatable bonds is 5. The van der Waals surface area contributed by atoms with E-state index in [-0.39, 0.29) is 23.8 Å². The molecule has 0 saturated heterocycles. The summed E-state index contributed by atoms with van der Waals surface area (Å²) in [6.45, 7) is 1.61. The summed E-state index contributed by atoms with van der Waals surface area (Å²) in [7, 11) is 1.53. The third-order valence-electron chi connectivity index (χ3n) is 4.86. The maximum Gasteiger partial charge on any atom is 0.279 e. The number of aryl methyl sites for hydroxylation is 1. The van der Waals surface area contributed by atoms with Crippen molar-refractivity contribution in [1.29, 1.82) is 0 Å². The van der Waals surface area contributed by atoms with Gasteiger partial charge >= 0.3 is 0 Å². The van der Waals surface area contributed by atoms with Crippen LogP contribution in [-0.4, -0.2) is 33.4 Å². The number of imidazole rings is 1. The number of guanidine groups is 1. The van der Waals surface area contributed by atoms with E-state index in [4.69, 9.17) is 10.5 Å². The van der Waals surface area contributed by atoms with Crippen molar-refractivity contribution in [2.45, 2.75) is 13.5 Å². The molecule has 1 amide bonds. The average Bonchev–Trinajstić information content (AvgIpc) is 3.30. The summed E-state index contributed by atoms with van der Waals surface area (Å²) in [4.78, 5) is 22.1. The number of hydrogen-bond donors (Lipinski definition) is 1. The Hall–Kier alpha value is -4.08. The van der Waals surface area contributed by atoms with Crippen LogP contribution < -0.4 is 10.5 Å². The zero-order chi connectivity index (χ0) is 23.0. The zero-order valence-corrected chi connectivity index (χ0v) is 17.1. The number of halogens is 3. The van der Waals surface area contributed by atoms with E-state index in [1.165, 1.54) is 13.2 Å². The first-order chi connectivity index (χ1) is 15.3. The summed E-state index contributed by atoms with van der Waals surface area (Å²) in [6, 6.07) is 6.92. The van der Waals surface area contributed by atoms with Crippen LogP contribution in [0.1, 0.15) is 16.8 Å². The molecule has 0 bridgehead atoms. The smallest absolute Gasteiger partial charge is 0.279 e. The molecule has 2 heterocycles. The van der Waals surface area contributed by atoms with Crippen LogP contribution in [0.15, 0.2) is 53.5 Å². The van der Waals surface area contributed by atoms with E-state index in [2.05, 4.69) is 9.98 Å². The number of carbonyl (C=O) groups excluding carboxylic acids is 1. The first-order valence-electron chi connectivity index (χ1n) is 9.47. The number of hydrogen-bond acceptors (Lipinski definition) is 5. The normalized spacial score (nSPS) is 14.9. The summed E-state index contributed by atoms with van der Waals surface area (Å²) >= 11 is 0. The number of benzene rings is 2. The second-order valence-electron chi connectivity index (χ2n) is 7.12. The Morgan fingerprint density at radius 3 is 2.50 bits per heavy atom. The van der Waals surface area contributed by atoms with E-state index < -0.39 is 23.4 Å². The van der Waals surface area contributed by atoms with Crippen molar-refractivity contribution < 1.29 is 22.7 Å². The largest absolute Gasteiger partial charge is 0.495 e. The molecule has 0 fully saturated rings. The van der Waals surface area contributed by atoms with Gasteiger partial charge in [-0.2, -0.15) is 0 Å². The number of aliphatic imine (C=N–C) groups is 1. The van der Waals surface area contributed by atoms with Crippen LogP contribution in [0.25, 0.3) is 11.8 Å². The second kappa shape index (κ2) is 8.22. The Kier molecular flexibility index (Phi) is 5.43. The van der Waals surface area contributed by atoms with Crippen molar-refractivity contribution >= 4 is 17.9 Å². The van der Waals surface area contributed by atoms with Gasteiger partial charge in [0, 0.05) is 6.20 Å². The molecule has 0 saturated carbocycles. The molecule has 2 N–H and O–H groups in total.